The summed E-state index contributed by atoms with van der Waals surface area (Å²) in [5, 5.41) is 9.94. The van der Waals surface area contributed by atoms with Crippen LogP contribution in [0.5, 0.6) is 5.75 Å². The van der Waals surface area contributed by atoms with Crippen molar-refractivity contribution in [3.8, 4) is 5.75 Å². The molecule has 24 heavy (non-hydrogen) atoms. The molecule has 0 aromatic heterocycles. The molecule has 7 nitrogen and oxygen atoms in total. The number of methoxy groups -OCH3 is 1. The Balaban J connectivity index is 1.83. The SMILES string of the molecule is COC(=O)C1CCN(C(=O)COC(=O)c2ccc(Cl)cc2O)CC1. The lowest BCUT2D eigenvalue weighted by Gasteiger charge is -2.30. The standard InChI is InChI=1S/C16H18ClNO6/c1-23-15(21)10-4-6-18(7-5-10)14(20)9-24-16(22)12-3-2-11(17)8-13(12)19/h2-3,8,10,19H,4-7,9H2,1H3. The molecule has 0 aliphatic carbocycles. The average molecular weight is 356 g/mol. The number of ether oxygens (including phenoxy) is 2. The minimum Gasteiger partial charge on any atom is -0.507 e. The smallest absolute Gasteiger partial charge is 0.342 e. The number of likely N-dealkylation sites (tertiary alicyclic amines) is 1. The molecular weight excluding hydrogens is 338 g/mol. The number of nitrogens with zero attached hydrogens (tertiary/aromatic N) is 1. The van der Waals surface area contributed by atoms with E-state index in [9.17, 15) is 19.5 Å². The van der Waals surface area contributed by atoms with Crippen LogP contribution in [0.3, 0.4) is 0 Å². The Kier molecular flexibility index (Phi) is 6.03. The molecule has 1 amide bonds. The fraction of sp³-hybridized carbons (Fsp3) is 0.438. The van der Waals surface area contributed by atoms with Crippen LogP contribution < -0.4 is 0 Å². The van der Waals surface area contributed by atoms with Crippen LogP contribution in [0.1, 0.15) is 23.2 Å². The number of hydrogen-bond donors (Lipinski definition) is 1. The molecule has 0 atom stereocenters. The van der Waals surface area contributed by atoms with Gasteiger partial charge in [-0.25, -0.2) is 4.79 Å². The van der Waals surface area contributed by atoms with Gasteiger partial charge in [-0.05, 0) is 31.0 Å². The highest BCUT2D eigenvalue weighted by Gasteiger charge is 2.28. The summed E-state index contributed by atoms with van der Waals surface area (Å²) in [5.41, 5.74) is -0.0587. The molecular formula is C16H18ClNO6. The van der Waals surface area contributed by atoms with E-state index < -0.39 is 12.6 Å². The highest BCUT2D eigenvalue weighted by Crippen LogP contribution is 2.23. The van der Waals surface area contributed by atoms with Gasteiger partial charge in [0.2, 0.25) is 0 Å². The van der Waals surface area contributed by atoms with Crippen molar-refractivity contribution in [1.29, 1.82) is 0 Å². The van der Waals surface area contributed by atoms with Crippen molar-refractivity contribution < 1.29 is 29.0 Å². The van der Waals surface area contributed by atoms with Gasteiger partial charge >= 0.3 is 11.9 Å². The number of rotatable bonds is 4. The van der Waals surface area contributed by atoms with E-state index in [-0.39, 0.29) is 34.1 Å². The van der Waals surface area contributed by atoms with E-state index in [1.54, 1.807) is 0 Å². The molecule has 8 heteroatoms. The maximum atomic E-state index is 12.1. The number of phenolic OH excluding ortho intramolecular Hbond substituents is 1. The van der Waals surface area contributed by atoms with Gasteiger partial charge in [0.1, 0.15) is 11.3 Å². The molecule has 0 radical (unpaired) electrons. The topological polar surface area (TPSA) is 93.1 Å². The molecule has 0 saturated carbocycles. The van der Waals surface area contributed by atoms with Crippen molar-refractivity contribution in [3.05, 3.63) is 28.8 Å². The first-order valence-corrected chi connectivity index (χ1v) is 7.81. The van der Waals surface area contributed by atoms with Crippen molar-refractivity contribution in [2.24, 2.45) is 5.92 Å². The van der Waals surface area contributed by atoms with Crippen LogP contribution in [0.25, 0.3) is 0 Å². The van der Waals surface area contributed by atoms with Crippen molar-refractivity contribution in [1.82, 2.24) is 4.90 Å². The molecule has 1 saturated heterocycles. The highest BCUT2D eigenvalue weighted by atomic mass is 35.5. The van der Waals surface area contributed by atoms with Gasteiger partial charge in [0.05, 0.1) is 13.0 Å². The number of esters is 2. The first kappa shape index (κ1) is 18.1. The van der Waals surface area contributed by atoms with Crippen LogP contribution >= 0.6 is 11.6 Å². The predicted octanol–water partition coefficient (Wildman–Crippen LogP) is 1.61. The van der Waals surface area contributed by atoms with Gasteiger partial charge in [-0.3, -0.25) is 9.59 Å². The third kappa shape index (κ3) is 4.38. The van der Waals surface area contributed by atoms with Crippen molar-refractivity contribution in [3.63, 3.8) is 0 Å². The number of piperidine rings is 1. The molecule has 1 aliphatic rings. The maximum absolute atomic E-state index is 12.1. The normalized spacial score (nSPS) is 15.0. The summed E-state index contributed by atoms with van der Waals surface area (Å²) in [5.74, 6) is -1.93. The number of halogens is 1. The molecule has 1 heterocycles. The van der Waals surface area contributed by atoms with Gasteiger partial charge in [-0.1, -0.05) is 11.6 Å². The van der Waals surface area contributed by atoms with Crippen LogP contribution in [-0.2, 0) is 19.1 Å². The minimum absolute atomic E-state index is 0.0587. The zero-order chi connectivity index (χ0) is 17.7. The molecule has 1 fully saturated rings. The summed E-state index contributed by atoms with van der Waals surface area (Å²) in [7, 11) is 1.34. The molecule has 0 spiro atoms. The Morgan fingerprint density at radius 2 is 1.96 bits per heavy atom. The third-order valence-corrected chi connectivity index (χ3v) is 4.12. The van der Waals surface area contributed by atoms with Crippen LogP contribution in [0.4, 0.5) is 0 Å². The molecule has 130 valence electrons. The molecule has 2 rings (SSSR count). The van der Waals surface area contributed by atoms with Crippen LogP contribution in [0, 0.1) is 5.92 Å². The van der Waals surface area contributed by atoms with E-state index in [1.165, 1.54) is 30.2 Å². The second kappa shape index (κ2) is 8.01. The van der Waals surface area contributed by atoms with E-state index in [1.807, 2.05) is 0 Å². The molecule has 0 bridgehead atoms. The summed E-state index contributed by atoms with van der Waals surface area (Å²) in [6.45, 7) is 0.383. The number of hydrogen-bond acceptors (Lipinski definition) is 6. The fourth-order valence-corrected chi connectivity index (χ4v) is 2.67. The summed E-state index contributed by atoms with van der Waals surface area (Å²) in [6, 6.07) is 3.99. The Bertz CT molecular complexity index is 639. The Labute approximate surface area is 144 Å². The van der Waals surface area contributed by atoms with Crippen LogP contribution in [0.15, 0.2) is 18.2 Å². The van der Waals surface area contributed by atoms with Gasteiger partial charge in [-0.2, -0.15) is 0 Å². The Hall–Kier alpha value is -2.28. The molecule has 1 aliphatic heterocycles. The second-order valence-electron chi connectivity index (χ2n) is 5.42. The number of carbonyl (C=O) groups excluding carboxylic acids is 3. The van der Waals surface area contributed by atoms with Crippen molar-refractivity contribution in [2.45, 2.75) is 12.8 Å². The molecule has 1 aromatic carbocycles. The molecule has 1 N–H and O–H groups in total. The van der Waals surface area contributed by atoms with Crippen LogP contribution in [0.2, 0.25) is 5.02 Å². The maximum Gasteiger partial charge on any atom is 0.342 e. The Morgan fingerprint density at radius 3 is 2.54 bits per heavy atom. The van der Waals surface area contributed by atoms with E-state index in [2.05, 4.69) is 4.74 Å². The highest BCUT2D eigenvalue weighted by molar-refractivity contribution is 6.30. The number of aromatic hydroxyl groups is 1. The van der Waals surface area contributed by atoms with Crippen molar-refractivity contribution >= 4 is 29.4 Å². The summed E-state index contributed by atoms with van der Waals surface area (Å²) in [6.07, 6.45) is 1.04. The first-order chi connectivity index (χ1) is 11.4. The number of phenols is 1. The van der Waals surface area contributed by atoms with Gasteiger partial charge in [-0.15, -0.1) is 0 Å². The lowest BCUT2D eigenvalue weighted by Crippen LogP contribution is -2.42. The lowest BCUT2D eigenvalue weighted by atomic mass is 9.97. The van der Waals surface area contributed by atoms with E-state index in [0.717, 1.165) is 0 Å². The third-order valence-electron chi connectivity index (χ3n) is 3.89. The lowest BCUT2D eigenvalue weighted by molar-refractivity contribution is -0.149. The molecule has 1 aromatic rings. The number of benzene rings is 1. The quantitative estimate of drug-likeness (QED) is 0.825. The van der Waals surface area contributed by atoms with E-state index >= 15 is 0 Å². The number of amides is 1. The monoisotopic (exact) mass is 355 g/mol. The zero-order valence-electron chi connectivity index (χ0n) is 13.2. The first-order valence-electron chi connectivity index (χ1n) is 7.43. The second-order valence-corrected chi connectivity index (χ2v) is 5.85. The summed E-state index contributed by atoms with van der Waals surface area (Å²) in [4.78, 5) is 36.9. The number of carbonyl (C=O) groups is 3. The van der Waals surface area contributed by atoms with Crippen molar-refractivity contribution in [2.75, 3.05) is 26.8 Å². The fourth-order valence-electron chi connectivity index (χ4n) is 2.50. The summed E-state index contributed by atoms with van der Waals surface area (Å²) < 4.78 is 9.62. The summed E-state index contributed by atoms with van der Waals surface area (Å²) >= 11 is 5.69. The largest absolute Gasteiger partial charge is 0.507 e. The zero-order valence-corrected chi connectivity index (χ0v) is 13.9. The van der Waals surface area contributed by atoms with E-state index in [4.69, 9.17) is 16.3 Å². The van der Waals surface area contributed by atoms with E-state index in [0.29, 0.717) is 25.9 Å². The van der Waals surface area contributed by atoms with Gasteiger partial charge < -0.3 is 19.5 Å². The molecule has 0 unspecified atom stereocenters. The van der Waals surface area contributed by atoms with Gasteiger partial charge in [0, 0.05) is 18.1 Å². The van der Waals surface area contributed by atoms with Crippen LogP contribution in [-0.4, -0.2) is 54.7 Å². The van der Waals surface area contributed by atoms with Gasteiger partial charge in [0.25, 0.3) is 5.91 Å². The predicted molar refractivity (Wildman–Crippen MR) is 84.7 cm³/mol. The van der Waals surface area contributed by atoms with Gasteiger partial charge in [0.15, 0.2) is 6.61 Å². The minimum atomic E-state index is -0.804. The average Bonchev–Trinajstić information content (AvgIpc) is 2.58. The Morgan fingerprint density at radius 1 is 1.29 bits per heavy atom.